The van der Waals surface area contributed by atoms with Gasteiger partial charge in [-0.05, 0) is 92.8 Å². The van der Waals surface area contributed by atoms with E-state index in [9.17, 15) is 0 Å². The molecule has 0 fully saturated rings. The molecule has 44 heavy (non-hydrogen) atoms. The van der Waals surface area contributed by atoms with Gasteiger partial charge in [-0.15, -0.1) is 0 Å². The van der Waals surface area contributed by atoms with E-state index in [1.165, 1.54) is 0 Å². The molecule has 0 aromatic heterocycles. The van der Waals surface area contributed by atoms with E-state index in [1.807, 2.05) is 6.92 Å². The zero-order chi connectivity index (χ0) is 35.0. The summed E-state index contributed by atoms with van der Waals surface area (Å²) in [6, 6.07) is 0. The van der Waals surface area contributed by atoms with Crippen LogP contribution in [0.15, 0.2) is 0 Å². The third-order valence-electron chi connectivity index (χ3n) is 9.86. The van der Waals surface area contributed by atoms with Crippen molar-refractivity contribution in [2.75, 3.05) is 13.7 Å². The van der Waals surface area contributed by atoms with Crippen LogP contribution < -0.4 is 0 Å². The van der Waals surface area contributed by atoms with Crippen LogP contribution in [0.5, 0.6) is 0 Å². The zero-order valence-corrected chi connectivity index (χ0v) is 34.1. The van der Waals surface area contributed by atoms with Crippen LogP contribution >= 0.6 is 0 Å². The Balaban J connectivity index is -0.000000108. The Labute approximate surface area is 284 Å². The van der Waals surface area contributed by atoms with Gasteiger partial charge < -0.3 is 14.2 Å². The standard InChI is InChI=1S/C11H24O.C10H22O.C9H20O.C9H20.2CH4/c1-8(2)12-10(4)9(3)11(5,6)7;1-7-11-9(3)8(2)10(4,5)6;1-7(8(2)10-6)9(3,4)5;1-7(2)8(3)9(4,5)6;;/h8-10H,1-7H3;8-9H,7H2,1-6H3;7-8H,1-6H3;7-8H,1-6H3;2*1H4. The van der Waals surface area contributed by atoms with Crippen molar-refractivity contribution in [3.8, 4) is 0 Å². The SMILES string of the molecule is C.C.CC(C)C(C)C(C)(C)C.CC(C)OC(C)C(C)C(C)(C)C.CCOC(C)C(C)C(C)(C)C.COC(C)C(C)C(C)(C)C. The largest absolute Gasteiger partial charge is 0.381 e. The first-order valence-corrected chi connectivity index (χ1v) is 17.2. The first-order valence-electron chi connectivity index (χ1n) is 17.2. The molecule has 0 aliphatic carbocycles. The predicted molar refractivity (Wildman–Crippen MR) is 206 cm³/mol. The molecule has 0 saturated carbocycles. The molecule has 0 aromatic rings. The highest BCUT2D eigenvalue weighted by molar-refractivity contribution is 4.76. The molecule has 276 valence electrons. The summed E-state index contributed by atoms with van der Waals surface area (Å²) in [4.78, 5) is 0. The molecule has 0 aromatic carbocycles. The third kappa shape index (κ3) is 29.3. The second-order valence-corrected chi connectivity index (χ2v) is 17.9. The van der Waals surface area contributed by atoms with Crippen LogP contribution in [0.1, 0.15) is 181 Å². The van der Waals surface area contributed by atoms with Gasteiger partial charge >= 0.3 is 0 Å². The van der Waals surface area contributed by atoms with Crippen LogP contribution in [0.2, 0.25) is 0 Å². The number of ether oxygens (including phenoxy) is 3. The lowest BCUT2D eigenvalue weighted by Crippen LogP contribution is -2.31. The minimum absolute atomic E-state index is 0. The van der Waals surface area contributed by atoms with Crippen LogP contribution in [-0.2, 0) is 14.2 Å². The molecular weight excluding hydrogens is 540 g/mol. The maximum Gasteiger partial charge on any atom is 0.0580 e. The summed E-state index contributed by atoms with van der Waals surface area (Å²) in [7, 11) is 1.77. The first-order chi connectivity index (χ1) is 18.4. The Morgan fingerprint density at radius 2 is 0.705 bits per heavy atom. The maximum atomic E-state index is 5.74. The van der Waals surface area contributed by atoms with Crippen molar-refractivity contribution in [3.05, 3.63) is 0 Å². The molecule has 3 nitrogen and oxygen atoms in total. The van der Waals surface area contributed by atoms with E-state index in [-0.39, 0.29) is 14.9 Å². The second-order valence-electron chi connectivity index (χ2n) is 17.9. The molecule has 0 radical (unpaired) electrons. The van der Waals surface area contributed by atoms with Crippen molar-refractivity contribution >= 4 is 0 Å². The Hall–Kier alpha value is -0.120. The van der Waals surface area contributed by atoms with Crippen molar-refractivity contribution in [3.63, 3.8) is 0 Å². The summed E-state index contributed by atoms with van der Waals surface area (Å²) in [6.45, 7) is 54.3. The van der Waals surface area contributed by atoms with Crippen molar-refractivity contribution in [1.29, 1.82) is 0 Å². The Kier molecular flexibility index (Phi) is 31.9. The summed E-state index contributed by atoms with van der Waals surface area (Å²) in [5.41, 5.74) is 1.53. The molecular formula is C41H94O3. The van der Waals surface area contributed by atoms with Gasteiger partial charge in [-0.25, -0.2) is 0 Å². The Morgan fingerprint density at radius 3 is 0.864 bits per heavy atom. The van der Waals surface area contributed by atoms with Crippen LogP contribution in [0, 0.1) is 51.2 Å². The lowest BCUT2D eigenvalue weighted by atomic mass is 9.76. The highest BCUT2D eigenvalue weighted by atomic mass is 16.5. The Morgan fingerprint density at radius 1 is 0.432 bits per heavy atom. The van der Waals surface area contributed by atoms with Gasteiger partial charge in [0.25, 0.3) is 0 Å². The van der Waals surface area contributed by atoms with E-state index < -0.39 is 0 Å². The highest BCUT2D eigenvalue weighted by Gasteiger charge is 2.27. The molecule has 0 N–H and O–H groups in total. The summed E-state index contributed by atoms with van der Waals surface area (Å²) in [6.07, 6.45) is 1.43. The van der Waals surface area contributed by atoms with E-state index in [2.05, 4.69) is 159 Å². The monoisotopic (exact) mass is 635 g/mol. The van der Waals surface area contributed by atoms with Crippen molar-refractivity contribution in [2.45, 2.75) is 205 Å². The minimum atomic E-state index is 0. The van der Waals surface area contributed by atoms with Crippen LogP contribution in [0.25, 0.3) is 0 Å². The average Bonchev–Trinajstić information content (AvgIpc) is 2.80. The normalized spacial score (nSPS) is 17.0. The molecule has 7 unspecified atom stereocenters. The lowest BCUT2D eigenvalue weighted by Gasteiger charge is -2.33. The summed E-state index contributed by atoms with van der Waals surface area (Å²) < 4.78 is 16.5. The molecule has 0 heterocycles. The lowest BCUT2D eigenvalue weighted by molar-refractivity contribution is -0.0383. The third-order valence-corrected chi connectivity index (χ3v) is 9.86. The molecule has 0 aliphatic heterocycles. The van der Waals surface area contributed by atoms with Gasteiger partial charge in [0.05, 0.1) is 24.4 Å². The summed E-state index contributed by atoms with van der Waals surface area (Å²) >= 11 is 0. The molecule has 0 aliphatic rings. The number of hydrogen-bond acceptors (Lipinski definition) is 3. The fourth-order valence-corrected chi connectivity index (χ4v) is 4.27. The summed E-state index contributed by atoms with van der Waals surface area (Å²) in [5, 5.41) is 0. The van der Waals surface area contributed by atoms with Crippen molar-refractivity contribution in [2.24, 2.45) is 51.2 Å². The number of hydrogen-bond donors (Lipinski definition) is 0. The minimum Gasteiger partial charge on any atom is -0.381 e. The van der Waals surface area contributed by atoms with E-state index in [4.69, 9.17) is 14.2 Å². The first kappa shape index (κ1) is 56.2. The number of rotatable bonds is 9. The molecule has 0 rings (SSSR count). The Bertz CT molecular complexity index is 610. The highest BCUT2D eigenvalue weighted by Crippen LogP contribution is 2.32. The van der Waals surface area contributed by atoms with E-state index in [0.717, 1.165) is 18.4 Å². The van der Waals surface area contributed by atoms with Gasteiger partial charge in [0.2, 0.25) is 0 Å². The van der Waals surface area contributed by atoms with E-state index in [1.54, 1.807) is 7.11 Å². The molecule has 0 amide bonds. The summed E-state index contributed by atoms with van der Waals surface area (Å²) in [5.74, 6) is 3.45. The molecule has 7 atom stereocenters. The van der Waals surface area contributed by atoms with Gasteiger partial charge in [-0.2, -0.15) is 0 Å². The van der Waals surface area contributed by atoms with Gasteiger partial charge in [-0.1, -0.05) is 139 Å². The number of methoxy groups -OCH3 is 1. The molecule has 0 spiro atoms. The quantitative estimate of drug-likeness (QED) is 0.252. The van der Waals surface area contributed by atoms with E-state index in [0.29, 0.717) is 63.8 Å². The maximum absolute atomic E-state index is 5.74. The van der Waals surface area contributed by atoms with Gasteiger partial charge in [0.1, 0.15) is 0 Å². The van der Waals surface area contributed by atoms with Gasteiger partial charge in [-0.3, -0.25) is 0 Å². The van der Waals surface area contributed by atoms with Gasteiger partial charge in [0.15, 0.2) is 0 Å². The van der Waals surface area contributed by atoms with Crippen LogP contribution in [0.3, 0.4) is 0 Å². The van der Waals surface area contributed by atoms with Crippen LogP contribution in [-0.4, -0.2) is 38.1 Å². The smallest absolute Gasteiger partial charge is 0.0580 e. The zero-order valence-electron chi connectivity index (χ0n) is 34.1. The second kappa shape index (κ2) is 25.0. The molecule has 3 heteroatoms. The molecule has 0 saturated heterocycles. The fraction of sp³-hybridized carbons (Fsp3) is 1.00. The fourth-order valence-electron chi connectivity index (χ4n) is 4.27. The molecule has 0 bridgehead atoms. The van der Waals surface area contributed by atoms with E-state index >= 15 is 0 Å². The van der Waals surface area contributed by atoms with Gasteiger partial charge in [0, 0.05) is 13.7 Å². The topological polar surface area (TPSA) is 27.7 Å². The van der Waals surface area contributed by atoms with Crippen molar-refractivity contribution < 1.29 is 14.2 Å². The van der Waals surface area contributed by atoms with Crippen LogP contribution in [0.4, 0.5) is 0 Å². The predicted octanol–water partition coefficient (Wildman–Crippen LogP) is 13.9. The average molecular weight is 635 g/mol. The van der Waals surface area contributed by atoms with Crippen molar-refractivity contribution in [1.82, 2.24) is 0 Å².